The monoisotopic (exact) mass is 1180 g/mol. The van der Waals surface area contributed by atoms with Gasteiger partial charge in [-0.15, -0.1) is 0 Å². The van der Waals surface area contributed by atoms with E-state index in [9.17, 15) is 49.2 Å². The van der Waals surface area contributed by atoms with E-state index in [0.29, 0.717) is 59.6 Å². The van der Waals surface area contributed by atoms with Crippen LogP contribution >= 0.6 is 0 Å². The molecule has 84 heavy (non-hydrogen) atoms. The molecule has 3 aliphatic heterocycles. The summed E-state index contributed by atoms with van der Waals surface area (Å²) in [7, 11) is 0. The number of benzene rings is 3. The molecule has 0 aliphatic carbocycles. The minimum absolute atomic E-state index is 0.0508. The lowest BCUT2D eigenvalue weighted by molar-refractivity contribution is -0.332. The summed E-state index contributed by atoms with van der Waals surface area (Å²) in [4.78, 5) is 74.7. The zero-order chi connectivity index (χ0) is 61.4. The zero-order valence-corrected chi connectivity index (χ0v) is 48.0. The van der Waals surface area contributed by atoms with E-state index in [-0.39, 0.29) is 80.6 Å². The summed E-state index contributed by atoms with van der Waals surface area (Å²) in [5.74, 6) is -5.56. The van der Waals surface area contributed by atoms with E-state index in [0.717, 1.165) is 16.0 Å². The van der Waals surface area contributed by atoms with E-state index in [1.165, 1.54) is 37.8 Å². The molecule has 3 atom stereocenters. The van der Waals surface area contributed by atoms with Gasteiger partial charge in [0, 0.05) is 51.1 Å². The number of rotatable bonds is 18. The number of hydrogen-bond acceptors (Lipinski definition) is 25. The predicted molar refractivity (Wildman–Crippen MR) is 285 cm³/mol. The Bertz CT molecular complexity index is 3450. The molecule has 3 amide bonds. The topological polar surface area (TPSA) is 355 Å². The van der Waals surface area contributed by atoms with E-state index in [2.05, 4.69) is 8.83 Å². The van der Waals surface area contributed by atoms with E-state index in [1.807, 2.05) is 58.0 Å². The standard InChI is InChI=1S/C20H25NO7.2C18H21NO9/c1-6-21(18(22)24-11-17-13(3)25-19(23)26-17)12(2)9-14-7-8-15-16(10-14)28-20(4,5)27-15;1-4-19(16(20)24-8-15-10(2)27-17(21)28-15)11(3)18(22,23)12-5-6-13-14(7-12)26-9-25-13;1-4-19(10(2)7-12-5-6-13-14(8-12)25-9-24-13)16(20)28-18(22,23)15-11(3)26-17(21)27-15/h7-8,10,12H,6,9,11H2,1-5H3;5-7,11,22-23H,4,8-9H2,1-3H3;5-6,8,10,22-23H,4,7,9H2,1-3H3. The fourth-order valence-corrected chi connectivity index (χ4v) is 9.05. The maximum absolute atomic E-state index is 12.5. The molecular formula is C56H67N3O25. The Balaban J connectivity index is 0.000000181. The van der Waals surface area contributed by atoms with Gasteiger partial charge in [-0.25, -0.2) is 28.8 Å². The summed E-state index contributed by atoms with van der Waals surface area (Å²) in [6.07, 6.45) is -1.21. The van der Waals surface area contributed by atoms with Gasteiger partial charge in [0.2, 0.25) is 25.2 Å². The minimum atomic E-state index is -3.14. The molecule has 4 N–H and O–H groups in total. The Kier molecular flexibility index (Phi) is 19.5. The van der Waals surface area contributed by atoms with E-state index >= 15 is 0 Å². The van der Waals surface area contributed by atoms with Crippen LogP contribution in [0.15, 0.2) is 95.5 Å². The fourth-order valence-electron chi connectivity index (χ4n) is 9.05. The molecule has 3 unspecified atom stereocenters. The number of aliphatic hydroxyl groups is 4. The second-order valence-electron chi connectivity index (χ2n) is 19.8. The first-order valence-corrected chi connectivity index (χ1v) is 26.5. The Hall–Kier alpha value is -8.86. The fraction of sp³-hybridized carbons (Fsp3) is 0.464. The Morgan fingerprint density at radius 1 is 0.548 bits per heavy atom. The van der Waals surface area contributed by atoms with Crippen molar-refractivity contribution in [3.8, 4) is 34.5 Å². The summed E-state index contributed by atoms with van der Waals surface area (Å²) >= 11 is 0. The molecule has 9 rings (SSSR count). The van der Waals surface area contributed by atoms with E-state index < -0.39 is 65.1 Å². The van der Waals surface area contributed by atoms with Crippen LogP contribution in [0.1, 0.15) is 107 Å². The maximum Gasteiger partial charge on any atom is 0.519 e. The van der Waals surface area contributed by atoms with Gasteiger partial charge in [0.25, 0.3) is 5.76 Å². The highest BCUT2D eigenvalue weighted by Gasteiger charge is 2.42. The van der Waals surface area contributed by atoms with Gasteiger partial charge in [-0.05, 0) is 129 Å². The minimum Gasteiger partial charge on any atom is -0.454 e. The molecule has 0 saturated carbocycles. The van der Waals surface area contributed by atoms with Crippen LogP contribution in [0.25, 0.3) is 0 Å². The molecule has 0 saturated heterocycles. The van der Waals surface area contributed by atoms with Gasteiger partial charge in [-0.2, -0.15) is 0 Å². The van der Waals surface area contributed by atoms with Gasteiger partial charge < -0.3 is 99.4 Å². The quantitative estimate of drug-likeness (QED) is 0.0523. The van der Waals surface area contributed by atoms with Crippen LogP contribution in [0.5, 0.6) is 34.5 Å². The highest BCUT2D eigenvalue weighted by atomic mass is 16.8. The van der Waals surface area contributed by atoms with Gasteiger partial charge in [-0.3, -0.25) is 4.90 Å². The van der Waals surface area contributed by atoms with Crippen molar-refractivity contribution in [2.24, 2.45) is 0 Å². The second-order valence-corrected chi connectivity index (χ2v) is 19.8. The summed E-state index contributed by atoms with van der Waals surface area (Å²) in [5.41, 5.74) is 2.06. The number of carbonyl (C=O) groups excluding carboxylic acids is 3. The van der Waals surface area contributed by atoms with Crippen LogP contribution in [0, 0.1) is 20.8 Å². The van der Waals surface area contributed by atoms with Crippen molar-refractivity contribution in [2.45, 2.75) is 138 Å². The lowest BCUT2D eigenvalue weighted by atomic mass is 9.97. The molecule has 6 heterocycles. The largest absolute Gasteiger partial charge is 0.519 e. The Labute approximate surface area is 479 Å². The lowest BCUT2D eigenvalue weighted by Crippen LogP contribution is -2.51. The molecule has 3 aromatic carbocycles. The number of ether oxygens (including phenoxy) is 9. The van der Waals surface area contributed by atoms with Crippen LogP contribution in [-0.2, 0) is 52.0 Å². The molecular weight excluding hydrogens is 1110 g/mol. The zero-order valence-electron chi connectivity index (χ0n) is 48.0. The number of likely N-dealkylation sites (N-methyl/N-ethyl adjacent to an activating group) is 3. The summed E-state index contributed by atoms with van der Waals surface area (Å²) in [6, 6.07) is 14.2. The SMILES string of the molecule is CCN(C(=O)OC(O)(O)c1oc(=O)oc1C)C(C)Cc1ccc2c(c1)OCO2.CCN(C(=O)OCc1oc(=O)oc1C)C(C)C(O)(O)c1ccc2c(c1)OCO2.CCN(C(=O)OCc1oc(=O)oc1C)C(C)Cc1ccc2c(c1)OC(C)(C)O2. The van der Waals surface area contributed by atoms with Crippen LogP contribution in [-0.4, -0.2) is 111 Å². The molecule has 0 bridgehead atoms. The third-order valence-electron chi connectivity index (χ3n) is 13.4. The van der Waals surface area contributed by atoms with Crippen molar-refractivity contribution >= 4 is 18.3 Å². The second kappa shape index (κ2) is 26.2. The van der Waals surface area contributed by atoms with E-state index in [4.69, 9.17) is 60.3 Å². The lowest BCUT2D eigenvalue weighted by Gasteiger charge is -2.36. The number of aryl methyl sites for hydroxylation is 3. The van der Waals surface area contributed by atoms with Crippen molar-refractivity contribution in [1.29, 1.82) is 0 Å². The molecule has 28 nitrogen and oxygen atoms in total. The van der Waals surface area contributed by atoms with Crippen molar-refractivity contribution in [2.75, 3.05) is 33.2 Å². The summed E-state index contributed by atoms with van der Waals surface area (Å²) < 4.78 is 75.9. The number of nitrogens with zero attached hydrogens (tertiary/aromatic N) is 3. The first-order valence-electron chi connectivity index (χ1n) is 26.5. The van der Waals surface area contributed by atoms with Crippen LogP contribution in [0.4, 0.5) is 14.4 Å². The van der Waals surface area contributed by atoms with Crippen molar-refractivity contribution < 1.29 is 104 Å². The predicted octanol–water partition coefficient (Wildman–Crippen LogP) is 6.55. The molecule has 0 spiro atoms. The normalized spacial score (nSPS) is 14.5. The Morgan fingerprint density at radius 2 is 0.976 bits per heavy atom. The highest BCUT2D eigenvalue weighted by molar-refractivity contribution is 5.69. The van der Waals surface area contributed by atoms with Crippen LogP contribution in [0.2, 0.25) is 0 Å². The number of fused-ring (bicyclic) bond motifs is 3. The molecule has 456 valence electrons. The average molecular weight is 1180 g/mol. The number of carbonyl (C=O) groups is 3. The molecule has 3 aliphatic rings. The smallest absolute Gasteiger partial charge is 0.454 e. The summed E-state index contributed by atoms with van der Waals surface area (Å²) in [6.45, 7) is 19.1. The maximum atomic E-state index is 12.5. The third kappa shape index (κ3) is 15.0. The molecule has 0 fully saturated rings. The van der Waals surface area contributed by atoms with Gasteiger partial charge in [0.1, 0.15) is 0 Å². The number of hydrogen-bond donors (Lipinski definition) is 4. The van der Waals surface area contributed by atoms with E-state index in [1.54, 1.807) is 44.7 Å². The molecule has 0 radical (unpaired) electrons. The van der Waals surface area contributed by atoms with Crippen molar-refractivity contribution in [1.82, 2.24) is 14.7 Å². The first-order chi connectivity index (χ1) is 39.6. The van der Waals surface area contributed by atoms with Crippen LogP contribution < -0.4 is 45.9 Å². The van der Waals surface area contributed by atoms with Gasteiger partial charge >= 0.3 is 41.7 Å². The van der Waals surface area contributed by atoms with Gasteiger partial charge in [0.15, 0.2) is 76.5 Å². The van der Waals surface area contributed by atoms with Gasteiger partial charge in [-0.1, -0.05) is 12.1 Å². The molecule has 6 aromatic rings. The summed E-state index contributed by atoms with van der Waals surface area (Å²) in [5, 5.41) is 41.5. The van der Waals surface area contributed by atoms with Crippen molar-refractivity contribution in [3.63, 3.8) is 0 Å². The average Bonchev–Trinajstić information content (AvgIpc) is 3.01. The van der Waals surface area contributed by atoms with Crippen LogP contribution in [0.3, 0.4) is 0 Å². The first kappa shape index (κ1) is 62.7. The Morgan fingerprint density at radius 3 is 1.46 bits per heavy atom. The van der Waals surface area contributed by atoms with Gasteiger partial charge in [0.05, 0.1) is 6.04 Å². The highest BCUT2D eigenvalue weighted by Crippen LogP contribution is 2.41. The molecule has 28 heteroatoms. The third-order valence-corrected chi connectivity index (χ3v) is 13.4. The van der Waals surface area contributed by atoms with Crippen molar-refractivity contribution in [3.05, 3.63) is 138 Å². The molecule has 3 aromatic heterocycles. The number of amides is 3.